The van der Waals surface area contributed by atoms with Crippen molar-refractivity contribution < 1.29 is 14.6 Å². The van der Waals surface area contributed by atoms with Crippen LogP contribution in [0.15, 0.2) is 16.6 Å². The molecule has 0 aromatic heterocycles. The minimum Gasteiger partial charge on any atom is -0.495 e. The van der Waals surface area contributed by atoms with Crippen molar-refractivity contribution in [2.24, 2.45) is 5.92 Å². The summed E-state index contributed by atoms with van der Waals surface area (Å²) >= 11 is 3.51. The molecule has 0 spiro atoms. The first kappa shape index (κ1) is 15.6. The average Bonchev–Trinajstić information content (AvgIpc) is 2.61. The molecular formula is C16H23BrO3. The van der Waals surface area contributed by atoms with Gasteiger partial charge in [-0.2, -0.15) is 0 Å². The van der Waals surface area contributed by atoms with Crippen LogP contribution in [0.25, 0.3) is 0 Å². The van der Waals surface area contributed by atoms with E-state index >= 15 is 0 Å². The summed E-state index contributed by atoms with van der Waals surface area (Å²) in [5.74, 6) is 2.08. The quantitative estimate of drug-likeness (QED) is 0.834. The standard InChI is InChI=1S/C16H23BrO3/c1-11-5-4-9-16(18,10-8-11)12-6-7-13(19-2)14(17)15(12)20-3/h6-7,11,18H,4-5,8-10H2,1-3H3. The molecule has 0 saturated heterocycles. The van der Waals surface area contributed by atoms with Gasteiger partial charge in [0.2, 0.25) is 0 Å². The summed E-state index contributed by atoms with van der Waals surface area (Å²) in [5.41, 5.74) is 0.0621. The monoisotopic (exact) mass is 342 g/mol. The maximum atomic E-state index is 11.1. The van der Waals surface area contributed by atoms with E-state index in [9.17, 15) is 5.11 Å². The number of benzene rings is 1. The molecule has 1 fully saturated rings. The largest absolute Gasteiger partial charge is 0.495 e. The molecule has 2 rings (SSSR count). The Labute approximate surface area is 129 Å². The minimum absolute atomic E-state index is 0.678. The van der Waals surface area contributed by atoms with E-state index < -0.39 is 5.60 Å². The molecule has 0 amide bonds. The summed E-state index contributed by atoms with van der Waals surface area (Å²) in [7, 11) is 3.26. The van der Waals surface area contributed by atoms with Gasteiger partial charge < -0.3 is 14.6 Å². The van der Waals surface area contributed by atoms with Crippen LogP contribution in [0.2, 0.25) is 0 Å². The Hall–Kier alpha value is -0.740. The smallest absolute Gasteiger partial charge is 0.142 e. The normalized spacial score (nSPS) is 26.9. The Balaban J connectivity index is 2.43. The maximum absolute atomic E-state index is 11.1. The predicted molar refractivity (Wildman–Crippen MR) is 83.4 cm³/mol. The molecule has 3 nitrogen and oxygen atoms in total. The predicted octanol–water partition coefficient (Wildman–Crippen LogP) is 4.25. The molecule has 1 aliphatic rings. The summed E-state index contributed by atoms with van der Waals surface area (Å²) in [6, 6.07) is 3.81. The summed E-state index contributed by atoms with van der Waals surface area (Å²) in [5, 5.41) is 11.1. The second kappa shape index (κ2) is 6.35. The Morgan fingerprint density at radius 2 is 1.95 bits per heavy atom. The number of hydrogen-bond donors (Lipinski definition) is 1. The highest BCUT2D eigenvalue weighted by Gasteiger charge is 2.35. The highest BCUT2D eigenvalue weighted by Crippen LogP contribution is 2.46. The van der Waals surface area contributed by atoms with Crippen molar-refractivity contribution >= 4 is 15.9 Å². The van der Waals surface area contributed by atoms with E-state index in [1.54, 1.807) is 14.2 Å². The molecule has 4 heteroatoms. The van der Waals surface area contributed by atoms with E-state index in [4.69, 9.17) is 9.47 Å². The van der Waals surface area contributed by atoms with Crippen LogP contribution in [0, 0.1) is 5.92 Å². The number of ether oxygens (including phenoxy) is 2. The first-order valence-electron chi connectivity index (χ1n) is 7.15. The lowest BCUT2D eigenvalue weighted by Gasteiger charge is -2.29. The molecule has 1 N–H and O–H groups in total. The van der Waals surface area contributed by atoms with Gasteiger partial charge in [-0.3, -0.25) is 0 Å². The lowest BCUT2D eigenvalue weighted by atomic mass is 9.85. The van der Waals surface area contributed by atoms with Gasteiger partial charge in [-0.15, -0.1) is 0 Å². The van der Waals surface area contributed by atoms with Crippen LogP contribution in [0.1, 0.15) is 44.6 Å². The number of hydrogen-bond acceptors (Lipinski definition) is 3. The van der Waals surface area contributed by atoms with E-state index in [0.717, 1.165) is 41.5 Å². The van der Waals surface area contributed by atoms with Gasteiger partial charge in [-0.25, -0.2) is 0 Å². The van der Waals surface area contributed by atoms with Crippen molar-refractivity contribution in [3.05, 3.63) is 22.2 Å². The fraction of sp³-hybridized carbons (Fsp3) is 0.625. The molecule has 0 heterocycles. The average molecular weight is 343 g/mol. The fourth-order valence-corrected chi connectivity index (χ4v) is 3.70. The van der Waals surface area contributed by atoms with Crippen LogP contribution in [0.5, 0.6) is 11.5 Å². The molecule has 20 heavy (non-hydrogen) atoms. The van der Waals surface area contributed by atoms with E-state index in [-0.39, 0.29) is 0 Å². The third-order valence-electron chi connectivity index (χ3n) is 4.33. The van der Waals surface area contributed by atoms with Crippen LogP contribution in [0.4, 0.5) is 0 Å². The molecule has 1 aromatic rings. The number of rotatable bonds is 3. The van der Waals surface area contributed by atoms with Crippen molar-refractivity contribution in [2.45, 2.75) is 44.6 Å². The van der Waals surface area contributed by atoms with Gasteiger partial charge in [-0.05, 0) is 59.7 Å². The lowest BCUT2D eigenvalue weighted by Crippen LogP contribution is -2.25. The van der Waals surface area contributed by atoms with Crippen LogP contribution >= 0.6 is 15.9 Å². The van der Waals surface area contributed by atoms with Gasteiger partial charge in [0.1, 0.15) is 16.0 Å². The van der Waals surface area contributed by atoms with Gasteiger partial charge in [0.25, 0.3) is 0 Å². The topological polar surface area (TPSA) is 38.7 Å². The Bertz CT molecular complexity index is 475. The molecule has 0 radical (unpaired) electrons. The number of halogens is 1. The van der Waals surface area contributed by atoms with Gasteiger partial charge in [0, 0.05) is 5.56 Å². The molecular weight excluding hydrogens is 320 g/mol. The molecule has 0 aliphatic heterocycles. The van der Waals surface area contributed by atoms with Gasteiger partial charge in [0.05, 0.1) is 19.8 Å². The maximum Gasteiger partial charge on any atom is 0.142 e. The second-order valence-electron chi connectivity index (χ2n) is 5.73. The Morgan fingerprint density at radius 1 is 1.20 bits per heavy atom. The van der Waals surface area contributed by atoms with Crippen LogP contribution in [-0.4, -0.2) is 19.3 Å². The summed E-state index contributed by atoms with van der Waals surface area (Å²) in [6.45, 7) is 2.26. The van der Waals surface area contributed by atoms with E-state index in [2.05, 4.69) is 22.9 Å². The third kappa shape index (κ3) is 2.96. The van der Waals surface area contributed by atoms with Crippen molar-refractivity contribution in [1.29, 1.82) is 0 Å². The van der Waals surface area contributed by atoms with E-state index in [0.29, 0.717) is 11.7 Å². The zero-order chi connectivity index (χ0) is 14.8. The number of methoxy groups -OCH3 is 2. The number of aliphatic hydroxyl groups is 1. The third-order valence-corrected chi connectivity index (χ3v) is 5.08. The molecule has 112 valence electrons. The van der Waals surface area contributed by atoms with Crippen LogP contribution in [-0.2, 0) is 5.60 Å². The first-order chi connectivity index (χ1) is 9.51. The molecule has 1 aromatic carbocycles. The first-order valence-corrected chi connectivity index (χ1v) is 7.94. The zero-order valence-electron chi connectivity index (χ0n) is 12.4. The van der Waals surface area contributed by atoms with Crippen LogP contribution < -0.4 is 9.47 Å². The minimum atomic E-state index is -0.801. The summed E-state index contributed by atoms with van der Waals surface area (Å²) < 4.78 is 11.6. The zero-order valence-corrected chi connectivity index (χ0v) is 14.0. The Kier molecular flexibility index (Phi) is 4.97. The van der Waals surface area contributed by atoms with Crippen molar-refractivity contribution in [3.8, 4) is 11.5 Å². The molecule has 2 unspecified atom stereocenters. The van der Waals surface area contributed by atoms with E-state index in [1.807, 2.05) is 12.1 Å². The molecule has 1 aliphatic carbocycles. The van der Waals surface area contributed by atoms with Gasteiger partial charge in [-0.1, -0.05) is 13.3 Å². The second-order valence-corrected chi connectivity index (χ2v) is 6.52. The van der Waals surface area contributed by atoms with Crippen LogP contribution in [0.3, 0.4) is 0 Å². The molecule has 2 atom stereocenters. The lowest BCUT2D eigenvalue weighted by molar-refractivity contribution is 0.0175. The van der Waals surface area contributed by atoms with Crippen molar-refractivity contribution in [3.63, 3.8) is 0 Å². The SMILES string of the molecule is COc1ccc(C2(O)CCCC(C)CC2)c(OC)c1Br. The summed E-state index contributed by atoms with van der Waals surface area (Å²) in [4.78, 5) is 0. The molecule has 0 bridgehead atoms. The highest BCUT2D eigenvalue weighted by molar-refractivity contribution is 9.10. The Morgan fingerprint density at radius 3 is 2.60 bits per heavy atom. The molecule has 1 saturated carbocycles. The van der Waals surface area contributed by atoms with E-state index in [1.165, 1.54) is 6.42 Å². The van der Waals surface area contributed by atoms with Crippen molar-refractivity contribution in [1.82, 2.24) is 0 Å². The van der Waals surface area contributed by atoms with Gasteiger partial charge in [0.15, 0.2) is 0 Å². The van der Waals surface area contributed by atoms with Gasteiger partial charge >= 0.3 is 0 Å². The fourth-order valence-electron chi connectivity index (χ4n) is 3.03. The highest BCUT2D eigenvalue weighted by atomic mass is 79.9. The van der Waals surface area contributed by atoms with Crippen molar-refractivity contribution in [2.75, 3.05) is 14.2 Å². The summed E-state index contributed by atoms with van der Waals surface area (Å²) in [6.07, 6.45) is 4.84.